The van der Waals surface area contributed by atoms with Crippen molar-refractivity contribution in [1.29, 1.82) is 0 Å². The monoisotopic (exact) mass is 211 g/mol. The standard InChI is InChI=1S/C10H13NO2S/c1-11(2)10(13)7-14-9-6-4-3-5-8(9)12/h3-6,12H,7H2,1-2H3. The molecule has 0 spiro atoms. The molecule has 3 nitrogen and oxygen atoms in total. The molecule has 4 heteroatoms. The molecule has 0 aromatic heterocycles. The Morgan fingerprint density at radius 3 is 2.64 bits per heavy atom. The van der Waals surface area contributed by atoms with Gasteiger partial charge in [0.1, 0.15) is 5.75 Å². The molecule has 0 radical (unpaired) electrons. The van der Waals surface area contributed by atoms with Gasteiger partial charge < -0.3 is 10.0 Å². The van der Waals surface area contributed by atoms with Crippen LogP contribution < -0.4 is 0 Å². The van der Waals surface area contributed by atoms with Gasteiger partial charge in [-0.05, 0) is 12.1 Å². The maximum absolute atomic E-state index is 11.3. The number of thioether (sulfide) groups is 1. The number of hydrogen-bond donors (Lipinski definition) is 1. The number of rotatable bonds is 3. The van der Waals surface area contributed by atoms with E-state index in [0.29, 0.717) is 5.75 Å². The van der Waals surface area contributed by atoms with Gasteiger partial charge >= 0.3 is 0 Å². The number of carbonyl (C=O) groups is 1. The first-order valence-electron chi connectivity index (χ1n) is 4.22. The summed E-state index contributed by atoms with van der Waals surface area (Å²) in [7, 11) is 3.43. The third kappa shape index (κ3) is 2.96. The van der Waals surface area contributed by atoms with Gasteiger partial charge in [-0.25, -0.2) is 0 Å². The van der Waals surface area contributed by atoms with E-state index in [4.69, 9.17) is 0 Å². The van der Waals surface area contributed by atoms with Crippen molar-refractivity contribution in [2.24, 2.45) is 0 Å². The van der Waals surface area contributed by atoms with Gasteiger partial charge in [-0.3, -0.25) is 4.79 Å². The summed E-state index contributed by atoms with van der Waals surface area (Å²) < 4.78 is 0. The second-order valence-corrected chi connectivity index (χ2v) is 4.06. The van der Waals surface area contributed by atoms with Crippen molar-refractivity contribution < 1.29 is 9.90 Å². The van der Waals surface area contributed by atoms with Crippen LogP contribution >= 0.6 is 11.8 Å². The minimum absolute atomic E-state index is 0.0400. The number of nitrogens with zero attached hydrogens (tertiary/aromatic N) is 1. The Hall–Kier alpha value is -1.16. The van der Waals surface area contributed by atoms with Crippen LogP contribution in [0, 0.1) is 0 Å². The van der Waals surface area contributed by atoms with Gasteiger partial charge in [0, 0.05) is 19.0 Å². The molecule has 0 saturated heterocycles. The molecule has 0 fully saturated rings. The molecule has 0 aliphatic rings. The zero-order valence-corrected chi connectivity index (χ0v) is 9.04. The fourth-order valence-corrected chi connectivity index (χ4v) is 1.78. The van der Waals surface area contributed by atoms with Gasteiger partial charge in [-0.15, -0.1) is 11.8 Å². The highest BCUT2D eigenvalue weighted by molar-refractivity contribution is 8.00. The average molecular weight is 211 g/mol. The fourth-order valence-electron chi connectivity index (χ4n) is 0.848. The molecule has 0 heterocycles. The molecule has 0 bridgehead atoms. The lowest BCUT2D eigenvalue weighted by Gasteiger charge is -2.09. The highest BCUT2D eigenvalue weighted by atomic mass is 32.2. The maximum Gasteiger partial charge on any atom is 0.232 e. The van der Waals surface area contributed by atoms with E-state index in [0.717, 1.165) is 4.90 Å². The van der Waals surface area contributed by atoms with Crippen LogP contribution in [0.2, 0.25) is 0 Å². The van der Waals surface area contributed by atoms with Crippen LogP contribution in [0.5, 0.6) is 5.75 Å². The first-order valence-corrected chi connectivity index (χ1v) is 5.21. The molecule has 1 aromatic carbocycles. The Kier molecular flexibility index (Phi) is 3.83. The Labute approximate surface area is 87.7 Å². The molecule has 0 aliphatic heterocycles. The van der Waals surface area contributed by atoms with Crippen molar-refractivity contribution in [3.8, 4) is 5.75 Å². The van der Waals surface area contributed by atoms with Crippen molar-refractivity contribution in [3.63, 3.8) is 0 Å². The van der Waals surface area contributed by atoms with E-state index < -0.39 is 0 Å². The molecule has 0 atom stereocenters. The second-order valence-electron chi connectivity index (χ2n) is 3.04. The Bertz CT molecular complexity index is 326. The van der Waals surface area contributed by atoms with E-state index in [2.05, 4.69) is 0 Å². The summed E-state index contributed by atoms with van der Waals surface area (Å²) in [5.74, 6) is 0.618. The third-order valence-electron chi connectivity index (χ3n) is 1.72. The predicted molar refractivity (Wildman–Crippen MR) is 57.5 cm³/mol. The van der Waals surface area contributed by atoms with Crippen LogP contribution in [0.4, 0.5) is 0 Å². The van der Waals surface area contributed by atoms with E-state index >= 15 is 0 Å². The smallest absolute Gasteiger partial charge is 0.232 e. The van der Waals surface area contributed by atoms with Gasteiger partial charge in [0.05, 0.1) is 5.75 Å². The largest absolute Gasteiger partial charge is 0.507 e. The summed E-state index contributed by atoms with van der Waals surface area (Å²) in [5.41, 5.74) is 0. The van der Waals surface area contributed by atoms with E-state index in [1.807, 2.05) is 6.07 Å². The van der Waals surface area contributed by atoms with E-state index in [1.54, 1.807) is 32.3 Å². The summed E-state index contributed by atoms with van der Waals surface area (Å²) in [5, 5.41) is 9.42. The fraction of sp³-hybridized carbons (Fsp3) is 0.300. The van der Waals surface area contributed by atoms with Crippen molar-refractivity contribution >= 4 is 17.7 Å². The van der Waals surface area contributed by atoms with Crippen molar-refractivity contribution in [2.75, 3.05) is 19.8 Å². The third-order valence-corrected chi connectivity index (χ3v) is 2.76. The highest BCUT2D eigenvalue weighted by Crippen LogP contribution is 2.27. The van der Waals surface area contributed by atoms with Crippen LogP contribution in [0.3, 0.4) is 0 Å². The Morgan fingerprint density at radius 2 is 2.07 bits per heavy atom. The topological polar surface area (TPSA) is 40.5 Å². The Morgan fingerprint density at radius 1 is 1.43 bits per heavy atom. The number of aromatic hydroxyl groups is 1. The number of phenolic OH excluding ortho intramolecular Hbond substituents is 1. The van der Waals surface area contributed by atoms with Gasteiger partial charge in [-0.2, -0.15) is 0 Å². The molecule has 76 valence electrons. The van der Waals surface area contributed by atoms with Crippen molar-refractivity contribution in [2.45, 2.75) is 4.90 Å². The highest BCUT2D eigenvalue weighted by Gasteiger charge is 2.06. The predicted octanol–water partition coefficient (Wildman–Crippen LogP) is 1.57. The van der Waals surface area contributed by atoms with Gasteiger partial charge in [0.2, 0.25) is 5.91 Å². The lowest BCUT2D eigenvalue weighted by Crippen LogP contribution is -2.23. The average Bonchev–Trinajstić information content (AvgIpc) is 2.16. The number of amides is 1. The van der Waals surface area contributed by atoms with E-state index in [-0.39, 0.29) is 11.7 Å². The molecular weight excluding hydrogens is 198 g/mol. The number of para-hydroxylation sites is 1. The van der Waals surface area contributed by atoms with Crippen LogP contribution in [0.25, 0.3) is 0 Å². The first-order chi connectivity index (χ1) is 6.61. The Balaban J connectivity index is 2.54. The molecule has 1 rings (SSSR count). The number of carbonyl (C=O) groups excluding carboxylic acids is 1. The molecule has 1 amide bonds. The summed E-state index contributed by atoms with van der Waals surface area (Å²) >= 11 is 1.34. The van der Waals surface area contributed by atoms with Crippen molar-refractivity contribution in [1.82, 2.24) is 4.90 Å². The van der Waals surface area contributed by atoms with E-state index in [1.165, 1.54) is 16.7 Å². The molecule has 14 heavy (non-hydrogen) atoms. The molecule has 0 saturated carbocycles. The van der Waals surface area contributed by atoms with Crippen molar-refractivity contribution in [3.05, 3.63) is 24.3 Å². The van der Waals surface area contributed by atoms with E-state index in [9.17, 15) is 9.90 Å². The quantitative estimate of drug-likeness (QED) is 0.772. The van der Waals surface area contributed by atoms with Crippen LogP contribution in [0.1, 0.15) is 0 Å². The lowest BCUT2D eigenvalue weighted by atomic mass is 10.3. The molecule has 0 unspecified atom stereocenters. The first kappa shape index (κ1) is 10.9. The molecule has 0 aliphatic carbocycles. The minimum Gasteiger partial charge on any atom is -0.507 e. The zero-order chi connectivity index (χ0) is 10.6. The number of phenols is 1. The SMILES string of the molecule is CN(C)C(=O)CSc1ccccc1O. The van der Waals surface area contributed by atoms with Gasteiger partial charge in [0.15, 0.2) is 0 Å². The zero-order valence-electron chi connectivity index (χ0n) is 8.23. The lowest BCUT2D eigenvalue weighted by molar-refractivity contribution is -0.125. The summed E-state index contributed by atoms with van der Waals surface area (Å²) in [6.45, 7) is 0. The normalized spacial score (nSPS) is 9.86. The number of hydrogen-bond acceptors (Lipinski definition) is 3. The minimum atomic E-state index is 0.0400. The number of benzene rings is 1. The maximum atomic E-state index is 11.3. The summed E-state index contributed by atoms with van der Waals surface area (Å²) in [4.78, 5) is 13.5. The van der Waals surface area contributed by atoms with Crippen LogP contribution in [-0.4, -0.2) is 35.8 Å². The van der Waals surface area contributed by atoms with Gasteiger partial charge in [0.25, 0.3) is 0 Å². The van der Waals surface area contributed by atoms with Crippen LogP contribution in [0.15, 0.2) is 29.2 Å². The van der Waals surface area contributed by atoms with Crippen LogP contribution in [-0.2, 0) is 4.79 Å². The summed E-state index contributed by atoms with van der Waals surface area (Å²) in [6.07, 6.45) is 0. The molecule has 1 N–H and O–H groups in total. The molecular formula is C10H13NO2S. The van der Waals surface area contributed by atoms with Gasteiger partial charge in [-0.1, -0.05) is 12.1 Å². The molecule has 1 aromatic rings. The second kappa shape index (κ2) is 4.91. The summed E-state index contributed by atoms with van der Waals surface area (Å²) in [6, 6.07) is 7.00.